The highest BCUT2D eigenvalue weighted by Crippen LogP contribution is 2.32. The molecule has 0 aliphatic rings. The third-order valence-electron chi connectivity index (χ3n) is 6.36. The summed E-state index contributed by atoms with van der Waals surface area (Å²) in [4.78, 5) is 33.9. The van der Waals surface area contributed by atoms with Crippen LogP contribution < -0.4 is 5.32 Å². The molecule has 39 heavy (non-hydrogen) atoms. The lowest BCUT2D eigenvalue weighted by Crippen LogP contribution is -2.27. The number of rotatable bonds is 4. The number of aryl methyl sites for hydroxylation is 1. The zero-order valence-electron chi connectivity index (χ0n) is 21.8. The summed E-state index contributed by atoms with van der Waals surface area (Å²) >= 11 is 0. The van der Waals surface area contributed by atoms with Gasteiger partial charge in [-0.05, 0) is 48.9 Å². The van der Waals surface area contributed by atoms with Crippen molar-refractivity contribution in [3.63, 3.8) is 0 Å². The number of carbonyl (C=O) groups excluding carboxylic acids is 1. The van der Waals surface area contributed by atoms with Gasteiger partial charge in [-0.2, -0.15) is 5.10 Å². The Kier molecular flexibility index (Phi) is 5.67. The number of halogens is 1. The largest absolute Gasteiger partial charge is 0.336 e. The highest BCUT2D eigenvalue weighted by atomic mass is 19.1. The maximum atomic E-state index is 14.1. The van der Waals surface area contributed by atoms with Crippen LogP contribution in [0, 0.1) is 18.2 Å². The molecule has 0 fully saturated rings. The van der Waals surface area contributed by atoms with Gasteiger partial charge in [-0.15, -0.1) is 0 Å². The predicted molar refractivity (Wildman–Crippen MR) is 148 cm³/mol. The van der Waals surface area contributed by atoms with Crippen molar-refractivity contribution in [2.75, 3.05) is 5.32 Å². The number of H-pyrrole nitrogens is 2. The lowest BCUT2D eigenvalue weighted by molar-refractivity contribution is -0.123. The van der Waals surface area contributed by atoms with E-state index in [9.17, 15) is 9.18 Å². The fourth-order valence-corrected chi connectivity index (χ4v) is 4.35. The Morgan fingerprint density at radius 1 is 0.949 bits per heavy atom. The summed E-state index contributed by atoms with van der Waals surface area (Å²) < 4.78 is 14.1. The SMILES string of the molecule is Cc1cc(F)cc(-c2nccc3[nH]c(-c4n[nH]c5cnc(-c6cncc(NC(=O)C(C)(C)C)c6)cc45)nc23)c1. The van der Waals surface area contributed by atoms with E-state index in [1.54, 1.807) is 24.8 Å². The second-order valence-electron chi connectivity index (χ2n) is 10.5. The lowest BCUT2D eigenvalue weighted by atomic mass is 9.95. The van der Waals surface area contributed by atoms with Gasteiger partial charge < -0.3 is 10.3 Å². The summed E-state index contributed by atoms with van der Waals surface area (Å²) in [5.41, 5.74) is 6.22. The van der Waals surface area contributed by atoms with Crippen LogP contribution in [0.1, 0.15) is 26.3 Å². The quantitative estimate of drug-likeness (QED) is 0.260. The van der Waals surface area contributed by atoms with Crippen LogP contribution in [0.25, 0.3) is 56.0 Å². The van der Waals surface area contributed by atoms with Crippen molar-refractivity contribution >= 4 is 33.5 Å². The Bertz CT molecular complexity index is 1860. The van der Waals surface area contributed by atoms with Crippen molar-refractivity contribution in [3.8, 4) is 34.0 Å². The van der Waals surface area contributed by atoms with Crippen molar-refractivity contribution in [1.82, 2.24) is 35.1 Å². The molecule has 9 nitrogen and oxygen atoms in total. The first-order valence-corrected chi connectivity index (χ1v) is 12.4. The molecule has 0 radical (unpaired) electrons. The topological polar surface area (TPSA) is 125 Å². The molecule has 0 atom stereocenters. The molecular weight excluding hydrogens is 495 g/mol. The minimum absolute atomic E-state index is 0.103. The summed E-state index contributed by atoms with van der Waals surface area (Å²) in [6.07, 6.45) is 6.67. The van der Waals surface area contributed by atoms with E-state index in [4.69, 9.17) is 4.98 Å². The van der Waals surface area contributed by atoms with Crippen LogP contribution >= 0.6 is 0 Å². The van der Waals surface area contributed by atoms with Crippen LogP contribution in [-0.4, -0.2) is 41.0 Å². The van der Waals surface area contributed by atoms with Gasteiger partial charge in [0.05, 0.1) is 40.5 Å². The summed E-state index contributed by atoms with van der Waals surface area (Å²) in [6.45, 7) is 7.40. The zero-order chi connectivity index (χ0) is 27.3. The average molecular weight is 521 g/mol. The van der Waals surface area contributed by atoms with Gasteiger partial charge in [-0.25, -0.2) is 9.37 Å². The molecule has 6 aromatic rings. The Balaban J connectivity index is 1.41. The summed E-state index contributed by atoms with van der Waals surface area (Å²) in [5.74, 6) is 0.114. The fourth-order valence-electron chi connectivity index (χ4n) is 4.35. The first kappa shape index (κ1) is 24.4. The van der Waals surface area contributed by atoms with Crippen molar-refractivity contribution in [2.45, 2.75) is 27.7 Å². The van der Waals surface area contributed by atoms with E-state index in [0.717, 1.165) is 27.5 Å². The third kappa shape index (κ3) is 4.61. The minimum atomic E-state index is -0.533. The van der Waals surface area contributed by atoms with Crippen LogP contribution in [0.3, 0.4) is 0 Å². The number of anilines is 1. The maximum Gasteiger partial charge on any atom is 0.229 e. The fraction of sp³-hybridized carbons (Fsp3) is 0.172. The van der Waals surface area contributed by atoms with Gasteiger partial charge in [0.2, 0.25) is 5.91 Å². The number of nitrogens with zero attached hydrogens (tertiary/aromatic N) is 5. The molecule has 5 heterocycles. The van der Waals surface area contributed by atoms with E-state index < -0.39 is 5.41 Å². The Morgan fingerprint density at radius 3 is 2.59 bits per heavy atom. The van der Waals surface area contributed by atoms with Gasteiger partial charge in [-0.1, -0.05) is 20.8 Å². The molecular formula is C29H25FN8O. The molecule has 1 aromatic carbocycles. The molecule has 5 aromatic heterocycles. The number of aromatic nitrogens is 7. The molecule has 194 valence electrons. The third-order valence-corrected chi connectivity index (χ3v) is 6.36. The second kappa shape index (κ2) is 9.09. The smallest absolute Gasteiger partial charge is 0.229 e. The van der Waals surface area contributed by atoms with E-state index in [-0.39, 0.29) is 11.7 Å². The molecule has 0 saturated carbocycles. The van der Waals surface area contributed by atoms with Crippen molar-refractivity contribution in [2.24, 2.45) is 5.41 Å². The molecule has 0 unspecified atom stereocenters. The lowest BCUT2D eigenvalue weighted by Gasteiger charge is -2.17. The molecule has 0 bridgehead atoms. The number of hydrogen-bond donors (Lipinski definition) is 3. The van der Waals surface area contributed by atoms with Crippen LogP contribution in [0.2, 0.25) is 0 Å². The standard InChI is InChI=1S/C29H25FN8O/c1-15-7-16(9-18(30)8-15)24-26-21(5-6-32-24)35-27(36-26)25-20-11-22(33-14-23(20)37-38-25)17-10-19(13-31-12-17)34-28(39)29(2,3)4/h5-14H,1-4H3,(H,34,39)(H,35,36)(H,37,38). The molecule has 0 aliphatic heterocycles. The maximum absolute atomic E-state index is 14.1. The van der Waals surface area contributed by atoms with Gasteiger partial charge in [0, 0.05) is 34.3 Å². The molecule has 3 N–H and O–H groups in total. The first-order valence-electron chi connectivity index (χ1n) is 12.4. The Labute approximate surface area is 223 Å². The van der Waals surface area contributed by atoms with Crippen LogP contribution in [0.15, 0.2) is 61.2 Å². The molecule has 0 saturated heterocycles. The van der Waals surface area contributed by atoms with E-state index >= 15 is 0 Å². The van der Waals surface area contributed by atoms with Crippen LogP contribution in [0.4, 0.5) is 10.1 Å². The highest BCUT2D eigenvalue weighted by molar-refractivity contribution is 5.97. The van der Waals surface area contributed by atoms with Crippen molar-refractivity contribution in [3.05, 3.63) is 72.6 Å². The van der Waals surface area contributed by atoms with E-state index in [1.165, 1.54) is 12.1 Å². The van der Waals surface area contributed by atoms with Gasteiger partial charge in [0.15, 0.2) is 5.82 Å². The summed E-state index contributed by atoms with van der Waals surface area (Å²) in [5, 5.41) is 11.2. The van der Waals surface area contributed by atoms with Gasteiger partial charge >= 0.3 is 0 Å². The number of pyridine rings is 3. The van der Waals surface area contributed by atoms with E-state index in [1.807, 2.05) is 52.0 Å². The van der Waals surface area contributed by atoms with E-state index in [2.05, 4.69) is 35.5 Å². The zero-order valence-corrected chi connectivity index (χ0v) is 21.8. The first-order chi connectivity index (χ1) is 18.7. The molecule has 6 rings (SSSR count). The van der Waals surface area contributed by atoms with Crippen LogP contribution in [0.5, 0.6) is 0 Å². The van der Waals surface area contributed by atoms with Crippen LogP contribution in [-0.2, 0) is 4.79 Å². The van der Waals surface area contributed by atoms with E-state index in [0.29, 0.717) is 39.7 Å². The molecule has 0 spiro atoms. The normalized spacial score (nSPS) is 11.8. The van der Waals surface area contributed by atoms with Crippen molar-refractivity contribution in [1.29, 1.82) is 0 Å². The van der Waals surface area contributed by atoms with Gasteiger partial charge in [0.25, 0.3) is 0 Å². The predicted octanol–water partition coefficient (Wildman–Crippen LogP) is 6.06. The highest BCUT2D eigenvalue weighted by Gasteiger charge is 2.22. The number of hydrogen-bond acceptors (Lipinski definition) is 6. The number of nitrogens with one attached hydrogen (secondary N) is 3. The molecule has 0 aliphatic carbocycles. The summed E-state index contributed by atoms with van der Waals surface area (Å²) in [7, 11) is 0. The number of carbonyl (C=O) groups is 1. The average Bonchev–Trinajstić information content (AvgIpc) is 3.51. The number of aromatic amines is 2. The number of amides is 1. The van der Waals surface area contributed by atoms with Gasteiger partial charge in [-0.3, -0.25) is 24.8 Å². The summed E-state index contributed by atoms with van der Waals surface area (Å²) in [6, 6.07) is 10.4. The Morgan fingerprint density at radius 2 is 1.79 bits per heavy atom. The minimum Gasteiger partial charge on any atom is -0.336 e. The monoisotopic (exact) mass is 520 g/mol. The Hall–Kier alpha value is -4.99. The molecule has 10 heteroatoms. The number of imidazole rings is 1. The molecule has 1 amide bonds. The number of benzene rings is 1. The van der Waals surface area contributed by atoms with Crippen molar-refractivity contribution < 1.29 is 9.18 Å². The second-order valence-corrected chi connectivity index (χ2v) is 10.5. The van der Waals surface area contributed by atoms with Gasteiger partial charge in [0.1, 0.15) is 17.0 Å². The number of fused-ring (bicyclic) bond motifs is 2.